The average Bonchev–Trinajstić information content (AvgIpc) is 3.01. The van der Waals surface area contributed by atoms with E-state index in [1.165, 1.54) is 6.42 Å². The van der Waals surface area contributed by atoms with E-state index in [9.17, 15) is 9.00 Å². The van der Waals surface area contributed by atoms with Crippen molar-refractivity contribution in [3.8, 4) is 11.4 Å². The second-order valence-electron chi connectivity index (χ2n) is 9.76. The minimum absolute atomic E-state index is 0.238. The number of amides is 1. The molecule has 2 aliphatic rings. The van der Waals surface area contributed by atoms with Crippen molar-refractivity contribution in [2.75, 3.05) is 49.6 Å². The second kappa shape index (κ2) is 11.6. The first-order chi connectivity index (χ1) is 19.2. The highest BCUT2D eigenvalue weighted by Gasteiger charge is 2.23. The predicted octanol–water partition coefficient (Wildman–Crippen LogP) is 4.89. The van der Waals surface area contributed by atoms with Crippen LogP contribution in [0, 0.1) is 0 Å². The van der Waals surface area contributed by atoms with Crippen LogP contribution < -0.4 is 10.2 Å². The Bertz CT molecular complexity index is 1500. The fraction of sp³-hybridized carbons (Fsp3) is 0.300. The number of piperidine rings is 1. The minimum Gasteiger partial charge on any atom is -0.379 e. The lowest BCUT2D eigenvalue weighted by atomic mass is 10.0. The molecule has 2 fully saturated rings. The summed E-state index contributed by atoms with van der Waals surface area (Å²) in [6.07, 6.45) is 5.14. The average molecular weight is 542 g/mol. The monoisotopic (exact) mass is 541 g/mol. The SMILES string of the molecule is O=C(Nc1cc(S(=O)N2CCOCC2)ccc1N1CCCCC1)c1cc(-c2ccccn2)nc2ccccc12. The number of pyridine rings is 2. The van der Waals surface area contributed by atoms with E-state index >= 15 is 0 Å². The third-order valence-electron chi connectivity index (χ3n) is 7.21. The van der Waals surface area contributed by atoms with E-state index in [2.05, 4.69) is 15.2 Å². The maximum Gasteiger partial charge on any atom is 0.256 e. The zero-order valence-electron chi connectivity index (χ0n) is 21.7. The van der Waals surface area contributed by atoms with E-state index in [1.54, 1.807) is 12.3 Å². The summed E-state index contributed by atoms with van der Waals surface area (Å²) in [7, 11) is -1.34. The highest BCUT2D eigenvalue weighted by molar-refractivity contribution is 7.82. The summed E-state index contributed by atoms with van der Waals surface area (Å²) in [5.74, 6) is -0.238. The van der Waals surface area contributed by atoms with Crippen molar-refractivity contribution in [2.45, 2.75) is 24.2 Å². The number of anilines is 2. The number of nitrogens with zero attached hydrogens (tertiary/aromatic N) is 4. The lowest BCUT2D eigenvalue weighted by molar-refractivity contribution is 0.0752. The van der Waals surface area contributed by atoms with Gasteiger partial charge in [-0.25, -0.2) is 13.5 Å². The maximum absolute atomic E-state index is 13.9. The number of hydrogen-bond acceptors (Lipinski definition) is 6. The van der Waals surface area contributed by atoms with Gasteiger partial charge in [0.2, 0.25) is 0 Å². The van der Waals surface area contributed by atoms with Crippen molar-refractivity contribution in [3.05, 3.63) is 78.5 Å². The Kier molecular flexibility index (Phi) is 7.62. The molecule has 200 valence electrons. The topological polar surface area (TPSA) is 87.7 Å². The molecule has 4 heterocycles. The molecule has 2 aromatic heterocycles. The van der Waals surface area contributed by atoms with Crippen LogP contribution in [0.4, 0.5) is 11.4 Å². The highest BCUT2D eigenvalue weighted by Crippen LogP contribution is 2.33. The summed E-state index contributed by atoms with van der Waals surface area (Å²) in [6, 6.07) is 20.9. The van der Waals surface area contributed by atoms with Gasteiger partial charge in [0, 0.05) is 37.8 Å². The molecule has 0 saturated carbocycles. The Morgan fingerprint density at radius 3 is 2.46 bits per heavy atom. The van der Waals surface area contributed by atoms with Gasteiger partial charge >= 0.3 is 0 Å². The van der Waals surface area contributed by atoms with Gasteiger partial charge in [-0.1, -0.05) is 24.3 Å². The lowest BCUT2D eigenvalue weighted by Crippen LogP contribution is -2.37. The van der Waals surface area contributed by atoms with Crippen LogP contribution in [0.25, 0.3) is 22.3 Å². The number of benzene rings is 2. The zero-order chi connectivity index (χ0) is 26.6. The van der Waals surface area contributed by atoms with Gasteiger partial charge in [-0.2, -0.15) is 0 Å². The molecule has 1 N–H and O–H groups in total. The highest BCUT2D eigenvalue weighted by atomic mass is 32.2. The number of rotatable bonds is 6. The molecule has 39 heavy (non-hydrogen) atoms. The maximum atomic E-state index is 13.9. The molecule has 0 radical (unpaired) electrons. The van der Waals surface area contributed by atoms with Crippen molar-refractivity contribution in [1.29, 1.82) is 0 Å². The first-order valence-corrected chi connectivity index (χ1v) is 14.5. The van der Waals surface area contributed by atoms with Gasteiger partial charge < -0.3 is 15.0 Å². The molecule has 0 spiro atoms. The number of fused-ring (bicyclic) bond motifs is 1. The number of carbonyl (C=O) groups is 1. The van der Waals surface area contributed by atoms with E-state index in [1.807, 2.05) is 65.0 Å². The van der Waals surface area contributed by atoms with E-state index in [-0.39, 0.29) is 5.91 Å². The third-order valence-corrected chi connectivity index (χ3v) is 8.70. The molecular formula is C30H31N5O3S. The van der Waals surface area contributed by atoms with E-state index in [0.717, 1.165) is 42.5 Å². The number of carbonyl (C=O) groups excluding carboxylic acids is 1. The number of hydrogen-bond donors (Lipinski definition) is 1. The van der Waals surface area contributed by atoms with E-state index in [4.69, 9.17) is 9.72 Å². The summed E-state index contributed by atoms with van der Waals surface area (Å²) in [6.45, 7) is 4.21. The second-order valence-corrected chi connectivity index (χ2v) is 11.2. The van der Waals surface area contributed by atoms with Crippen molar-refractivity contribution in [2.24, 2.45) is 0 Å². The molecule has 4 aromatic rings. The summed E-state index contributed by atoms with van der Waals surface area (Å²) in [4.78, 5) is 26.1. The Morgan fingerprint density at radius 1 is 0.872 bits per heavy atom. The molecule has 0 bridgehead atoms. The molecule has 1 unspecified atom stereocenters. The normalized spacial score (nSPS) is 17.2. The van der Waals surface area contributed by atoms with Gasteiger partial charge in [0.1, 0.15) is 11.0 Å². The Morgan fingerprint density at radius 2 is 1.67 bits per heavy atom. The van der Waals surface area contributed by atoms with Gasteiger partial charge in [0.15, 0.2) is 0 Å². The molecule has 1 amide bonds. The Hall–Kier alpha value is -3.66. The van der Waals surface area contributed by atoms with E-state index in [0.29, 0.717) is 53.8 Å². The van der Waals surface area contributed by atoms with Crippen molar-refractivity contribution >= 4 is 39.2 Å². The number of ether oxygens (including phenoxy) is 1. The summed E-state index contributed by atoms with van der Waals surface area (Å²) >= 11 is 0. The van der Waals surface area contributed by atoms with Crippen LogP contribution in [0.5, 0.6) is 0 Å². The van der Waals surface area contributed by atoms with Crippen LogP contribution in [0.15, 0.2) is 77.8 Å². The van der Waals surface area contributed by atoms with Gasteiger partial charge in [0.05, 0.1) is 52.0 Å². The van der Waals surface area contributed by atoms with Crippen molar-refractivity contribution in [3.63, 3.8) is 0 Å². The molecule has 2 aliphatic heterocycles. The standard InChI is InChI=1S/C30H31N5O3S/c36-30(24-21-27(26-10-4-5-13-31-26)32-25-9-3-2-8-23(24)25)33-28-20-22(39(37)35-16-18-38-19-17-35)11-12-29(28)34-14-6-1-7-15-34/h2-5,8-13,20-21H,1,6-7,14-19H2,(H,33,36). The van der Waals surface area contributed by atoms with Crippen LogP contribution in [0.2, 0.25) is 0 Å². The van der Waals surface area contributed by atoms with Crippen LogP contribution in [-0.4, -0.2) is 63.8 Å². The fourth-order valence-corrected chi connectivity index (χ4v) is 6.38. The van der Waals surface area contributed by atoms with Gasteiger partial charge in [-0.15, -0.1) is 0 Å². The first kappa shape index (κ1) is 25.6. The first-order valence-electron chi connectivity index (χ1n) is 13.4. The van der Waals surface area contributed by atoms with Crippen LogP contribution in [0.3, 0.4) is 0 Å². The molecule has 1 atom stereocenters. The van der Waals surface area contributed by atoms with E-state index < -0.39 is 11.0 Å². The molecule has 0 aliphatic carbocycles. The number of para-hydroxylation sites is 1. The number of morpholine rings is 1. The zero-order valence-corrected chi connectivity index (χ0v) is 22.5. The summed E-state index contributed by atoms with van der Waals surface area (Å²) in [5.41, 5.74) is 4.21. The van der Waals surface area contributed by atoms with Crippen LogP contribution in [-0.2, 0) is 15.7 Å². The molecule has 8 nitrogen and oxygen atoms in total. The summed E-state index contributed by atoms with van der Waals surface area (Å²) in [5, 5.41) is 3.95. The van der Waals surface area contributed by atoms with Crippen LogP contribution >= 0.6 is 0 Å². The predicted molar refractivity (Wildman–Crippen MR) is 154 cm³/mol. The molecule has 2 saturated heterocycles. The van der Waals surface area contributed by atoms with Gasteiger partial charge in [0.25, 0.3) is 5.91 Å². The Labute approximate surface area is 230 Å². The van der Waals surface area contributed by atoms with Crippen molar-refractivity contribution < 1.29 is 13.7 Å². The smallest absolute Gasteiger partial charge is 0.256 e. The van der Waals surface area contributed by atoms with Gasteiger partial charge in [-0.05, 0) is 61.7 Å². The van der Waals surface area contributed by atoms with Gasteiger partial charge in [-0.3, -0.25) is 9.78 Å². The quantitative estimate of drug-likeness (QED) is 0.374. The summed E-state index contributed by atoms with van der Waals surface area (Å²) < 4.78 is 20.8. The molecule has 6 rings (SSSR count). The Balaban J connectivity index is 1.38. The third kappa shape index (κ3) is 5.56. The number of nitrogens with one attached hydrogen (secondary N) is 1. The molecule has 2 aromatic carbocycles. The minimum atomic E-state index is -1.34. The van der Waals surface area contributed by atoms with Crippen molar-refractivity contribution in [1.82, 2.24) is 14.3 Å². The molecular weight excluding hydrogens is 510 g/mol. The largest absolute Gasteiger partial charge is 0.379 e. The lowest BCUT2D eigenvalue weighted by Gasteiger charge is -2.31. The molecule has 9 heteroatoms. The van der Waals surface area contributed by atoms with Crippen LogP contribution in [0.1, 0.15) is 29.6 Å². The fourth-order valence-electron chi connectivity index (χ4n) is 5.19. The number of aromatic nitrogens is 2.